The Balaban J connectivity index is 1.87. The summed E-state index contributed by atoms with van der Waals surface area (Å²) in [6.45, 7) is 0.610. The molecule has 0 spiro atoms. The quantitative estimate of drug-likeness (QED) is 0.636. The second-order valence-corrected chi connectivity index (χ2v) is 5.61. The molecule has 1 amide bonds. The maximum atomic E-state index is 12.5. The van der Waals surface area contributed by atoms with E-state index in [1.807, 2.05) is 0 Å². The van der Waals surface area contributed by atoms with Crippen molar-refractivity contribution in [1.82, 2.24) is 29.9 Å². The summed E-state index contributed by atoms with van der Waals surface area (Å²) in [6.07, 6.45) is 1.30. The van der Waals surface area contributed by atoms with Crippen molar-refractivity contribution in [2.75, 3.05) is 20.3 Å². The molecule has 1 N–H and O–H groups in total. The lowest BCUT2D eigenvalue weighted by molar-refractivity contribution is -0.121. The van der Waals surface area contributed by atoms with Crippen LogP contribution in [0.1, 0.15) is 0 Å². The van der Waals surface area contributed by atoms with Gasteiger partial charge < -0.3 is 10.1 Å². The Labute approximate surface area is 147 Å². The smallest absolute Gasteiger partial charge is 0.284 e. The largest absolute Gasteiger partial charge is 0.383 e. The Bertz CT molecular complexity index is 950. The fraction of sp³-hybridized carbons (Fsp3) is 0.267. The minimum absolute atomic E-state index is 0.0853. The molecule has 9 nitrogen and oxygen atoms in total. The number of amides is 1. The van der Waals surface area contributed by atoms with E-state index in [-0.39, 0.29) is 18.0 Å². The summed E-state index contributed by atoms with van der Waals surface area (Å²) < 4.78 is 7.48. The predicted octanol–water partition coefficient (Wildman–Crippen LogP) is 0.393. The number of aromatic nitrogens is 5. The van der Waals surface area contributed by atoms with Gasteiger partial charge in [0.2, 0.25) is 5.91 Å². The van der Waals surface area contributed by atoms with E-state index < -0.39 is 5.56 Å². The second-order valence-electron chi connectivity index (χ2n) is 5.17. The zero-order valence-electron chi connectivity index (χ0n) is 13.3. The molecule has 3 rings (SSSR count). The number of carbonyl (C=O) groups excluding carboxylic acids is 1. The van der Waals surface area contributed by atoms with Crippen LogP contribution in [0.2, 0.25) is 5.02 Å². The van der Waals surface area contributed by atoms with Crippen LogP contribution < -0.4 is 10.9 Å². The first-order valence-corrected chi connectivity index (χ1v) is 7.80. The minimum atomic E-state index is -0.438. The highest BCUT2D eigenvalue weighted by Crippen LogP contribution is 2.15. The fourth-order valence-corrected chi connectivity index (χ4v) is 2.34. The van der Waals surface area contributed by atoms with Crippen molar-refractivity contribution in [2.45, 2.75) is 6.54 Å². The SMILES string of the molecule is COCCNC(=O)Cn1cnc2c(nnn2-c2ccc(Cl)cc2)c1=O. The van der Waals surface area contributed by atoms with Gasteiger partial charge in [0.05, 0.1) is 12.3 Å². The van der Waals surface area contributed by atoms with Crippen molar-refractivity contribution in [3.63, 3.8) is 0 Å². The maximum Gasteiger partial charge on any atom is 0.284 e. The van der Waals surface area contributed by atoms with Crippen molar-refractivity contribution in [3.05, 3.63) is 46.0 Å². The van der Waals surface area contributed by atoms with E-state index >= 15 is 0 Å². The van der Waals surface area contributed by atoms with Gasteiger partial charge in [0, 0.05) is 18.7 Å². The molecular formula is C15H15ClN6O3. The van der Waals surface area contributed by atoms with Crippen molar-refractivity contribution in [2.24, 2.45) is 0 Å². The number of rotatable bonds is 6. The van der Waals surface area contributed by atoms with E-state index in [9.17, 15) is 9.59 Å². The van der Waals surface area contributed by atoms with Crippen LogP contribution in [0.15, 0.2) is 35.4 Å². The van der Waals surface area contributed by atoms with E-state index in [4.69, 9.17) is 16.3 Å². The van der Waals surface area contributed by atoms with E-state index in [0.717, 1.165) is 0 Å². The number of halogens is 1. The lowest BCUT2D eigenvalue weighted by Gasteiger charge is -2.06. The third-order valence-electron chi connectivity index (χ3n) is 3.44. The number of carbonyl (C=O) groups is 1. The Morgan fingerprint density at radius 1 is 1.32 bits per heavy atom. The summed E-state index contributed by atoms with van der Waals surface area (Å²) in [6, 6.07) is 6.89. The Kier molecular flexibility index (Phi) is 5.05. The lowest BCUT2D eigenvalue weighted by Crippen LogP contribution is -2.34. The van der Waals surface area contributed by atoms with Crippen LogP contribution in [0.3, 0.4) is 0 Å². The molecule has 0 saturated carbocycles. The number of nitrogens with zero attached hydrogens (tertiary/aromatic N) is 5. The molecule has 0 unspecified atom stereocenters. The van der Waals surface area contributed by atoms with Gasteiger partial charge in [-0.3, -0.25) is 14.2 Å². The van der Waals surface area contributed by atoms with Crippen molar-refractivity contribution >= 4 is 28.7 Å². The average molecular weight is 363 g/mol. The predicted molar refractivity (Wildman–Crippen MR) is 90.8 cm³/mol. The standard InChI is InChI=1S/C15H15ClN6O3/c1-25-7-6-17-12(23)8-21-9-18-14-13(15(21)24)19-20-22(14)11-4-2-10(16)3-5-11/h2-5,9H,6-8H2,1H3,(H,17,23). The van der Waals surface area contributed by atoms with Gasteiger partial charge in [-0.05, 0) is 24.3 Å². The first-order valence-electron chi connectivity index (χ1n) is 7.42. The molecule has 25 heavy (non-hydrogen) atoms. The molecule has 10 heteroatoms. The Morgan fingerprint density at radius 2 is 2.08 bits per heavy atom. The summed E-state index contributed by atoms with van der Waals surface area (Å²) in [7, 11) is 1.54. The highest BCUT2D eigenvalue weighted by Gasteiger charge is 2.14. The first kappa shape index (κ1) is 17.1. The first-order chi connectivity index (χ1) is 12.1. The number of hydrogen-bond acceptors (Lipinski definition) is 6. The molecule has 0 aliphatic rings. The maximum absolute atomic E-state index is 12.5. The number of methoxy groups -OCH3 is 1. The van der Waals surface area contributed by atoms with Crippen LogP contribution in [-0.4, -0.2) is 50.7 Å². The molecule has 2 aromatic heterocycles. The van der Waals surface area contributed by atoms with Gasteiger partial charge in [0.1, 0.15) is 12.9 Å². The van der Waals surface area contributed by atoms with Gasteiger partial charge in [0.25, 0.3) is 5.56 Å². The summed E-state index contributed by atoms with van der Waals surface area (Å²) in [5.74, 6) is -0.314. The topological polar surface area (TPSA) is 104 Å². The molecule has 0 aliphatic carbocycles. The van der Waals surface area contributed by atoms with Crippen LogP contribution in [0.25, 0.3) is 16.9 Å². The normalized spacial score (nSPS) is 11.0. The van der Waals surface area contributed by atoms with Gasteiger partial charge in [-0.15, -0.1) is 5.10 Å². The number of fused-ring (bicyclic) bond motifs is 1. The molecular weight excluding hydrogens is 348 g/mol. The zero-order chi connectivity index (χ0) is 17.8. The summed E-state index contributed by atoms with van der Waals surface area (Å²) in [5.41, 5.74) is 0.631. The van der Waals surface area contributed by atoms with Gasteiger partial charge in [-0.2, -0.15) is 4.68 Å². The van der Waals surface area contributed by atoms with Crippen molar-refractivity contribution in [3.8, 4) is 5.69 Å². The van der Waals surface area contributed by atoms with Gasteiger partial charge in [-0.25, -0.2) is 4.98 Å². The number of hydrogen-bond donors (Lipinski definition) is 1. The third-order valence-corrected chi connectivity index (χ3v) is 3.69. The third kappa shape index (κ3) is 3.67. The summed E-state index contributed by atoms with van der Waals surface area (Å²) in [5, 5.41) is 11.1. The van der Waals surface area contributed by atoms with Crippen molar-refractivity contribution in [1.29, 1.82) is 0 Å². The van der Waals surface area contributed by atoms with E-state index in [1.54, 1.807) is 31.4 Å². The number of nitrogens with one attached hydrogen (secondary N) is 1. The van der Waals surface area contributed by atoms with E-state index in [2.05, 4.69) is 20.6 Å². The average Bonchev–Trinajstić information content (AvgIpc) is 3.03. The molecule has 0 radical (unpaired) electrons. The lowest BCUT2D eigenvalue weighted by atomic mass is 10.3. The van der Waals surface area contributed by atoms with Gasteiger partial charge in [-0.1, -0.05) is 16.8 Å². The molecule has 0 bridgehead atoms. The highest BCUT2D eigenvalue weighted by molar-refractivity contribution is 6.30. The molecule has 0 saturated heterocycles. The monoisotopic (exact) mass is 362 g/mol. The fourth-order valence-electron chi connectivity index (χ4n) is 2.22. The molecule has 0 aliphatic heterocycles. The van der Waals surface area contributed by atoms with Gasteiger partial charge in [0.15, 0.2) is 11.2 Å². The van der Waals surface area contributed by atoms with E-state index in [1.165, 1.54) is 15.6 Å². The van der Waals surface area contributed by atoms with Crippen LogP contribution in [-0.2, 0) is 16.1 Å². The number of benzene rings is 1. The zero-order valence-corrected chi connectivity index (χ0v) is 14.1. The molecule has 0 fully saturated rings. The van der Waals surface area contributed by atoms with Crippen LogP contribution >= 0.6 is 11.6 Å². The molecule has 2 heterocycles. The molecule has 1 aromatic carbocycles. The molecule has 130 valence electrons. The van der Waals surface area contributed by atoms with Crippen LogP contribution in [0.5, 0.6) is 0 Å². The Morgan fingerprint density at radius 3 is 2.80 bits per heavy atom. The minimum Gasteiger partial charge on any atom is -0.383 e. The molecule has 0 atom stereocenters. The second kappa shape index (κ2) is 7.41. The Hall–Kier alpha value is -2.78. The highest BCUT2D eigenvalue weighted by atomic mass is 35.5. The van der Waals surface area contributed by atoms with Crippen LogP contribution in [0.4, 0.5) is 0 Å². The van der Waals surface area contributed by atoms with E-state index in [0.29, 0.717) is 29.5 Å². The van der Waals surface area contributed by atoms with Crippen LogP contribution in [0, 0.1) is 0 Å². The van der Waals surface area contributed by atoms with Crippen molar-refractivity contribution < 1.29 is 9.53 Å². The number of ether oxygens (including phenoxy) is 1. The van der Waals surface area contributed by atoms with Gasteiger partial charge >= 0.3 is 0 Å². The summed E-state index contributed by atoms with van der Waals surface area (Å²) in [4.78, 5) is 28.5. The summed E-state index contributed by atoms with van der Waals surface area (Å²) >= 11 is 5.87. The molecule has 3 aromatic rings.